The highest BCUT2D eigenvalue weighted by atomic mass is 35.5. The van der Waals surface area contributed by atoms with Crippen LogP contribution >= 0.6 is 12.4 Å². The fourth-order valence-corrected chi connectivity index (χ4v) is 5.23. The van der Waals surface area contributed by atoms with Crippen LogP contribution in [-0.4, -0.2) is 62.0 Å². The minimum atomic E-state index is -3.24. The predicted octanol–water partition coefficient (Wildman–Crippen LogP) is 2.21. The van der Waals surface area contributed by atoms with Gasteiger partial charge in [0.2, 0.25) is 15.9 Å². The van der Waals surface area contributed by atoms with Gasteiger partial charge in [0.05, 0.1) is 17.7 Å². The lowest BCUT2D eigenvalue weighted by molar-refractivity contribution is -0.140. The Morgan fingerprint density at radius 3 is 2.54 bits per heavy atom. The molecular formula is C20H32ClN3O3S. The average molecular weight is 430 g/mol. The highest BCUT2D eigenvalue weighted by Gasteiger charge is 2.36. The molecule has 1 N–H and O–H groups in total. The van der Waals surface area contributed by atoms with Crippen LogP contribution in [-0.2, 0) is 21.2 Å². The third-order valence-corrected chi connectivity index (χ3v) is 7.64. The summed E-state index contributed by atoms with van der Waals surface area (Å²) in [6.07, 6.45) is 2.51. The van der Waals surface area contributed by atoms with E-state index in [1.807, 2.05) is 4.90 Å². The molecule has 3 rings (SSSR count). The molecule has 2 aliphatic heterocycles. The van der Waals surface area contributed by atoms with Crippen molar-refractivity contribution in [2.45, 2.75) is 39.2 Å². The highest BCUT2D eigenvalue weighted by molar-refractivity contribution is 7.89. The molecule has 158 valence electrons. The zero-order valence-electron chi connectivity index (χ0n) is 16.8. The summed E-state index contributed by atoms with van der Waals surface area (Å²) < 4.78 is 26.0. The van der Waals surface area contributed by atoms with Gasteiger partial charge in [-0.05, 0) is 37.3 Å². The van der Waals surface area contributed by atoms with Crippen LogP contribution in [0.3, 0.4) is 0 Å². The van der Waals surface area contributed by atoms with Crippen LogP contribution in [0.25, 0.3) is 0 Å². The van der Waals surface area contributed by atoms with Crippen LogP contribution in [0, 0.1) is 5.92 Å². The SMILES string of the molecule is CCc1ccc(C2CNCCN2C(=O)C2CCCN(S(=O)(=O)CC)C2)cc1.Cl. The molecule has 2 saturated heterocycles. The maximum Gasteiger partial charge on any atom is 0.227 e. The normalized spacial score (nSPS) is 23.9. The van der Waals surface area contributed by atoms with Crippen molar-refractivity contribution in [1.82, 2.24) is 14.5 Å². The third-order valence-electron chi connectivity index (χ3n) is 5.79. The molecule has 0 aromatic heterocycles. The standard InChI is InChI=1S/C20H31N3O3S.ClH/c1-3-16-7-9-17(10-8-16)19-14-21-11-13-23(19)20(24)18-6-5-12-22(15-18)27(25,26)4-2;/h7-10,18-19,21H,3-6,11-15H2,1-2H3;1H. The zero-order valence-corrected chi connectivity index (χ0v) is 18.4. The minimum absolute atomic E-state index is 0. The van der Waals surface area contributed by atoms with E-state index >= 15 is 0 Å². The third kappa shape index (κ3) is 5.06. The molecule has 2 heterocycles. The van der Waals surface area contributed by atoms with Crippen molar-refractivity contribution in [3.05, 3.63) is 35.4 Å². The number of amides is 1. The van der Waals surface area contributed by atoms with E-state index in [0.717, 1.165) is 37.9 Å². The van der Waals surface area contributed by atoms with Crippen LogP contribution in [0.2, 0.25) is 0 Å². The first kappa shape index (κ1) is 23.1. The molecule has 0 spiro atoms. The van der Waals surface area contributed by atoms with Crippen molar-refractivity contribution in [3.63, 3.8) is 0 Å². The molecule has 8 heteroatoms. The summed E-state index contributed by atoms with van der Waals surface area (Å²) >= 11 is 0. The fraction of sp³-hybridized carbons (Fsp3) is 0.650. The second-order valence-corrected chi connectivity index (χ2v) is 9.70. The summed E-state index contributed by atoms with van der Waals surface area (Å²) in [6, 6.07) is 8.50. The van der Waals surface area contributed by atoms with Gasteiger partial charge in [0.1, 0.15) is 0 Å². The number of aryl methyl sites for hydroxylation is 1. The molecule has 1 aromatic carbocycles. The Kier molecular flexibility index (Phi) is 8.30. The van der Waals surface area contributed by atoms with Gasteiger partial charge in [0.15, 0.2) is 0 Å². The number of hydrogen-bond acceptors (Lipinski definition) is 4. The van der Waals surface area contributed by atoms with Gasteiger partial charge in [-0.15, -0.1) is 12.4 Å². The number of carbonyl (C=O) groups is 1. The number of nitrogens with one attached hydrogen (secondary N) is 1. The molecule has 0 bridgehead atoms. The van der Waals surface area contributed by atoms with E-state index in [-0.39, 0.29) is 36.0 Å². The average Bonchev–Trinajstić information content (AvgIpc) is 2.73. The lowest BCUT2D eigenvalue weighted by atomic mass is 9.94. The van der Waals surface area contributed by atoms with Gasteiger partial charge in [0.25, 0.3) is 0 Å². The Morgan fingerprint density at radius 2 is 1.89 bits per heavy atom. The van der Waals surface area contributed by atoms with Gasteiger partial charge in [-0.1, -0.05) is 31.2 Å². The van der Waals surface area contributed by atoms with Crippen molar-refractivity contribution < 1.29 is 13.2 Å². The number of piperazine rings is 1. The Morgan fingerprint density at radius 1 is 1.18 bits per heavy atom. The number of halogens is 1. The van der Waals surface area contributed by atoms with Crippen molar-refractivity contribution in [1.29, 1.82) is 0 Å². The van der Waals surface area contributed by atoms with Crippen molar-refractivity contribution >= 4 is 28.3 Å². The van der Waals surface area contributed by atoms with E-state index in [0.29, 0.717) is 19.6 Å². The van der Waals surface area contributed by atoms with Crippen molar-refractivity contribution in [2.24, 2.45) is 5.92 Å². The van der Waals surface area contributed by atoms with Crippen LogP contribution in [0.15, 0.2) is 24.3 Å². The molecule has 1 aromatic rings. The van der Waals surface area contributed by atoms with Gasteiger partial charge in [-0.2, -0.15) is 0 Å². The molecule has 6 nitrogen and oxygen atoms in total. The summed E-state index contributed by atoms with van der Waals surface area (Å²) in [5, 5.41) is 3.39. The summed E-state index contributed by atoms with van der Waals surface area (Å²) in [7, 11) is -3.24. The minimum Gasteiger partial charge on any atom is -0.333 e. The van der Waals surface area contributed by atoms with Crippen LogP contribution < -0.4 is 5.32 Å². The molecule has 2 unspecified atom stereocenters. The molecule has 0 radical (unpaired) electrons. The summed E-state index contributed by atoms with van der Waals surface area (Å²) in [6.45, 7) is 6.82. The Hall–Kier alpha value is -1.15. The van der Waals surface area contributed by atoms with E-state index in [9.17, 15) is 13.2 Å². The maximum atomic E-state index is 13.3. The molecular weight excluding hydrogens is 398 g/mol. The number of carbonyl (C=O) groups excluding carboxylic acids is 1. The first-order valence-corrected chi connectivity index (χ1v) is 11.6. The largest absolute Gasteiger partial charge is 0.333 e. The molecule has 2 aliphatic rings. The van der Waals surface area contributed by atoms with Gasteiger partial charge in [-0.3, -0.25) is 4.79 Å². The Labute approximate surface area is 175 Å². The number of nitrogens with zero attached hydrogens (tertiary/aromatic N) is 2. The summed E-state index contributed by atoms with van der Waals surface area (Å²) in [4.78, 5) is 15.3. The predicted molar refractivity (Wildman–Crippen MR) is 114 cm³/mol. The van der Waals surface area contributed by atoms with Crippen molar-refractivity contribution in [3.8, 4) is 0 Å². The summed E-state index contributed by atoms with van der Waals surface area (Å²) in [5.74, 6) is -0.0545. The zero-order chi connectivity index (χ0) is 19.4. The highest BCUT2D eigenvalue weighted by Crippen LogP contribution is 2.28. The van der Waals surface area contributed by atoms with E-state index in [4.69, 9.17) is 0 Å². The van der Waals surface area contributed by atoms with Crippen LogP contribution in [0.5, 0.6) is 0 Å². The number of rotatable bonds is 5. The topological polar surface area (TPSA) is 69.7 Å². The van der Waals surface area contributed by atoms with Crippen LogP contribution in [0.4, 0.5) is 0 Å². The number of hydrogen-bond donors (Lipinski definition) is 1. The molecule has 0 aliphatic carbocycles. The maximum absolute atomic E-state index is 13.3. The van der Waals surface area contributed by atoms with E-state index in [1.165, 1.54) is 9.87 Å². The molecule has 0 saturated carbocycles. The van der Waals surface area contributed by atoms with Gasteiger partial charge >= 0.3 is 0 Å². The van der Waals surface area contributed by atoms with Gasteiger partial charge in [-0.25, -0.2) is 12.7 Å². The second kappa shape index (κ2) is 10.1. The van der Waals surface area contributed by atoms with Gasteiger partial charge < -0.3 is 10.2 Å². The van der Waals surface area contributed by atoms with Gasteiger partial charge in [0, 0.05) is 32.7 Å². The molecule has 2 atom stereocenters. The number of sulfonamides is 1. The lowest BCUT2D eigenvalue weighted by Crippen LogP contribution is -2.53. The number of benzene rings is 1. The van der Waals surface area contributed by atoms with Crippen molar-refractivity contribution in [2.75, 3.05) is 38.5 Å². The molecule has 1 amide bonds. The van der Waals surface area contributed by atoms with Crippen LogP contribution in [0.1, 0.15) is 43.9 Å². The Bertz CT molecular complexity index is 754. The quantitative estimate of drug-likeness (QED) is 0.779. The second-order valence-electron chi connectivity index (χ2n) is 7.44. The molecule has 2 fully saturated rings. The van der Waals surface area contributed by atoms with E-state index < -0.39 is 10.0 Å². The monoisotopic (exact) mass is 429 g/mol. The van der Waals surface area contributed by atoms with E-state index in [2.05, 4.69) is 36.5 Å². The first-order chi connectivity index (χ1) is 13.0. The lowest BCUT2D eigenvalue weighted by Gasteiger charge is -2.40. The number of piperidine rings is 1. The Balaban J connectivity index is 0.00000280. The molecule has 28 heavy (non-hydrogen) atoms. The smallest absolute Gasteiger partial charge is 0.227 e. The summed E-state index contributed by atoms with van der Waals surface area (Å²) in [5.41, 5.74) is 2.43. The first-order valence-electron chi connectivity index (χ1n) is 10.0. The fourth-order valence-electron chi connectivity index (χ4n) is 4.06. The van der Waals surface area contributed by atoms with E-state index in [1.54, 1.807) is 6.92 Å².